The first-order chi connectivity index (χ1) is 14.3. The number of methoxy groups -OCH3 is 1. The Kier molecular flexibility index (Phi) is 6.41. The highest BCUT2D eigenvalue weighted by Gasteiger charge is 2.20. The quantitative estimate of drug-likeness (QED) is 0.460. The SMILES string of the molecule is COC(=O)c1ccc(-n2c(C)cc(/C=C(/C#N)C(=O)NC3CCCC3)c2C)c(C)c1. The van der Waals surface area contributed by atoms with Crippen molar-refractivity contribution >= 4 is 18.0 Å². The molecule has 1 heterocycles. The topological polar surface area (TPSA) is 84.1 Å². The van der Waals surface area contributed by atoms with Crippen LogP contribution in [0.5, 0.6) is 0 Å². The number of amides is 1. The highest BCUT2D eigenvalue weighted by atomic mass is 16.5. The molecule has 1 aliphatic rings. The van der Waals surface area contributed by atoms with E-state index >= 15 is 0 Å². The molecule has 0 unspecified atom stereocenters. The molecule has 2 aromatic rings. The molecule has 30 heavy (non-hydrogen) atoms. The van der Waals surface area contributed by atoms with Gasteiger partial charge in [-0.25, -0.2) is 4.79 Å². The number of carbonyl (C=O) groups excluding carboxylic acids is 2. The van der Waals surface area contributed by atoms with E-state index in [1.807, 2.05) is 39.0 Å². The zero-order valence-corrected chi connectivity index (χ0v) is 17.9. The smallest absolute Gasteiger partial charge is 0.337 e. The monoisotopic (exact) mass is 405 g/mol. The Hall–Kier alpha value is -3.33. The number of aryl methyl sites for hydroxylation is 2. The molecule has 1 amide bonds. The number of esters is 1. The van der Waals surface area contributed by atoms with Crippen LogP contribution in [0.15, 0.2) is 29.8 Å². The molecule has 0 aliphatic heterocycles. The fourth-order valence-electron chi connectivity index (χ4n) is 4.09. The van der Waals surface area contributed by atoms with Crippen LogP contribution in [-0.4, -0.2) is 29.6 Å². The zero-order valence-electron chi connectivity index (χ0n) is 17.9. The molecule has 1 aromatic heterocycles. The van der Waals surface area contributed by atoms with Crippen LogP contribution < -0.4 is 5.32 Å². The van der Waals surface area contributed by atoms with E-state index in [1.165, 1.54) is 7.11 Å². The van der Waals surface area contributed by atoms with Crippen molar-refractivity contribution in [3.8, 4) is 11.8 Å². The van der Waals surface area contributed by atoms with Crippen molar-refractivity contribution in [1.29, 1.82) is 5.26 Å². The van der Waals surface area contributed by atoms with E-state index in [4.69, 9.17) is 4.74 Å². The Morgan fingerprint density at radius 1 is 1.20 bits per heavy atom. The molecule has 156 valence electrons. The number of nitrogens with zero attached hydrogens (tertiary/aromatic N) is 2. The van der Waals surface area contributed by atoms with E-state index in [0.29, 0.717) is 5.56 Å². The van der Waals surface area contributed by atoms with Gasteiger partial charge in [-0.1, -0.05) is 12.8 Å². The van der Waals surface area contributed by atoms with Crippen molar-refractivity contribution in [2.75, 3.05) is 7.11 Å². The number of rotatable bonds is 5. The number of carbonyl (C=O) groups is 2. The number of ether oxygens (including phenoxy) is 1. The Morgan fingerprint density at radius 3 is 2.50 bits per heavy atom. The molecule has 1 saturated carbocycles. The first-order valence-corrected chi connectivity index (χ1v) is 10.2. The number of nitriles is 1. The molecular formula is C24H27N3O3. The molecule has 1 fully saturated rings. The average molecular weight is 405 g/mol. The summed E-state index contributed by atoms with van der Waals surface area (Å²) in [5.41, 5.74) is 5.18. The minimum Gasteiger partial charge on any atom is -0.465 e. The molecule has 3 rings (SSSR count). The van der Waals surface area contributed by atoms with Gasteiger partial charge in [0.1, 0.15) is 11.6 Å². The van der Waals surface area contributed by atoms with E-state index in [0.717, 1.165) is 53.9 Å². The molecule has 0 saturated heterocycles. The van der Waals surface area contributed by atoms with Gasteiger partial charge in [0.25, 0.3) is 5.91 Å². The second-order valence-corrected chi connectivity index (χ2v) is 7.78. The molecule has 1 aliphatic carbocycles. The molecular weight excluding hydrogens is 378 g/mol. The van der Waals surface area contributed by atoms with E-state index < -0.39 is 0 Å². The first-order valence-electron chi connectivity index (χ1n) is 10.2. The van der Waals surface area contributed by atoms with E-state index in [9.17, 15) is 14.9 Å². The molecule has 0 atom stereocenters. The van der Waals surface area contributed by atoms with Crippen molar-refractivity contribution in [2.45, 2.75) is 52.5 Å². The third-order valence-corrected chi connectivity index (χ3v) is 5.68. The fourth-order valence-corrected chi connectivity index (χ4v) is 4.09. The Bertz CT molecular complexity index is 1050. The van der Waals surface area contributed by atoms with Gasteiger partial charge in [-0.05, 0) is 75.1 Å². The lowest BCUT2D eigenvalue weighted by Gasteiger charge is -2.14. The van der Waals surface area contributed by atoms with Gasteiger partial charge < -0.3 is 14.6 Å². The van der Waals surface area contributed by atoms with Crippen LogP contribution in [0.1, 0.15) is 58.6 Å². The average Bonchev–Trinajstić information content (AvgIpc) is 3.33. The van der Waals surface area contributed by atoms with Gasteiger partial charge in [0.2, 0.25) is 0 Å². The molecule has 0 bridgehead atoms. The zero-order chi connectivity index (χ0) is 21.8. The maximum absolute atomic E-state index is 12.5. The number of hydrogen-bond donors (Lipinski definition) is 1. The third-order valence-electron chi connectivity index (χ3n) is 5.68. The summed E-state index contributed by atoms with van der Waals surface area (Å²) < 4.78 is 6.85. The van der Waals surface area contributed by atoms with Gasteiger partial charge in [-0.3, -0.25) is 4.79 Å². The standard InChI is InChI=1S/C24H27N3O3/c1-15-11-18(24(29)30-4)9-10-22(15)27-16(2)12-19(17(27)3)13-20(14-25)23(28)26-21-7-5-6-8-21/h9-13,21H,5-8H2,1-4H3,(H,26,28)/b20-13-. The molecule has 0 radical (unpaired) electrons. The number of nitrogens with one attached hydrogen (secondary N) is 1. The lowest BCUT2D eigenvalue weighted by molar-refractivity contribution is -0.117. The number of benzene rings is 1. The summed E-state index contributed by atoms with van der Waals surface area (Å²) in [5.74, 6) is -0.686. The minimum atomic E-state index is -0.374. The number of hydrogen-bond acceptors (Lipinski definition) is 4. The predicted molar refractivity (Wildman–Crippen MR) is 115 cm³/mol. The molecule has 1 aromatic carbocycles. The Balaban J connectivity index is 1.93. The first kappa shape index (κ1) is 21.4. The minimum absolute atomic E-state index is 0.111. The second kappa shape index (κ2) is 9.00. The highest BCUT2D eigenvalue weighted by molar-refractivity contribution is 6.02. The van der Waals surface area contributed by atoms with Crippen LogP contribution in [0.3, 0.4) is 0 Å². The van der Waals surface area contributed by atoms with Crippen LogP contribution >= 0.6 is 0 Å². The van der Waals surface area contributed by atoms with Crippen LogP contribution in [-0.2, 0) is 9.53 Å². The van der Waals surface area contributed by atoms with Crippen molar-refractivity contribution in [2.24, 2.45) is 0 Å². The van der Waals surface area contributed by atoms with E-state index in [-0.39, 0.29) is 23.5 Å². The Labute approximate surface area is 177 Å². The van der Waals surface area contributed by atoms with Crippen molar-refractivity contribution in [3.63, 3.8) is 0 Å². The largest absolute Gasteiger partial charge is 0.465 e. The summed E-state index contributed by atoms with van der Waals surface area (Å²) in [5, 5.41) is 12.5. The second-order valence-electron chi connectivity index (χ2n) is 7.78. The third kappa shape index (κ3) is 4.30. The fraction of sp³-hybridized carbons (Fsp3) is 0.375. The van der Waals surface area contributed by atoms with E-state index in [2.05, 4.69) is 9.88 Å². The van der Waals surface area contributed by atoms with Crippen molar-refractivity contribution in [1.82, 2.24) is 9.88 Å². The van der Waals surface area contributed by atoms with Gasteiger partial charge >= 0.3 is 5.97 Å². The van der Waals surface area contributed by atoms with Gasteiger partial charge in [0.15, 0.2) is 0 Å². The van der Waals surface area contributed by atoms with Crippen molar-refractivity contribution < 1.29 is 14.3 Å². The molecule has 1 N–H and O–H groups in total. The lowest BCUT2D eigenvalue weighted by Crippen LogP contribution is -2.33. The maximum atomic E-state index is 12.5. The number of aromatic nitrogens is 1. The maximum Gasteiger partial charge on any atom is 0.337 e. The molecule has 6 heteroatoms. The van der Waals surface area contributed by atoms with Gasteiger partial charge in [0, 0.05) is 23.1 Å². The van der Waals surface area contributed by atoms with Gasteiger partial charge in [0.05, 0.1) is 12.7 Å². The lowest BCUT2D eigenvalue weighted by atomic mass is 10.1. The summed E-state index contributed by atoms with van der Waals surface area (Å²) in [4.78, 5) is 24.3. The summed E-state index contributed by atoms with van der Waals surface area (Å²) >= 11 is 0. The predicted octanol–water partition coefficient (Wildman–Crippen LogP) is 4.15. The van der Waals surface area contributed by atoms with Crippen molar-refractivity contribution in [3.05, 3.63) is 57.9 Å². The highest BCUT2D eigenvalue weighted by Crippen LogP contribution is 2.26. The summed E-state index contributed by atoms with van der Waals surface area (Å²) in [6, 6.07) is 9.59. The molecule has 0 spiro atoms. The van der Waals surface area contributed by atoms with Gasteiger partial charge in [-0.15, -0.1) is 0 Å². The van der Waals surface area contributed by atoms with Crippen LogP contribution in [0.2, 0.25) is 0 Å². The van der Waals surface area contributed by atoms with Gasteiger partial charge in [-0.2, -0.15) is 5.26 Å². The summed E-state index contributed by atoms with van der Waals surface area (Å²) in [7, 11) is 1.36. The normalized spacial score (nSPS) is 14.4. The van der Waals surface area contributed by atoms with Crippen LogP contribution in [0, 0.1) is 32.1 Å². The van der Waals surface area contributed by atoms with Crippen LogP contribution in [0.25, 0.3) is 11.8 Å². The van der Waals surface area contributed by atoms with E-state index in [1.54, 1.807) is 18.2 Å². The summed E-state index contributed by atoms with van der Waals surface area (Å²) in [6.45, 7) is 5.87. The van der Waals surface area contributed by atoms with Crippen LogP contribution in [0.4, 0.5) is 0 Å². The molecule has 6 nitrogen and oxygen atoms in total. The summed E-state index contributed by atoms with van der Waals surface area (Å²) in [6.07, 6.45) is 5.83. The Morgan fingerprint density at radius 2 is 1.90 bits per heavy atom.